The molecular formula is C10H13NO7S. The molecule has 1 saturated heterocycles. The molecule has 1 aliphatic carbocycles. The molecule has 2 rings (SSSR count). The van der Waals surface area contributed by atoms with Crippen molar-refractivity contribution >= 4 is 17.7 Å². The third kappa shape index (κ3) is 2.14. The van der Waals surface area contributed by atoms with Crippen molar-refractivity contribution in [3.63, 3.8) is 0 Å². The molecule has 4 unspecified atom stereocenters. The Morgan fingerprint density at radius 3 is 2.58 bits per heavy atom. The first-order chi connectivity index (χ1) is 8.77. The number of rotatable bonds is 2. The van der Waals surface area contributed by atoms with Gasteiger partial charge in [-0.25, -0.2) is 0 Å². The topological polar surface area (TPSA) is 150 Å². The zero-order chi connectivity index (χ0) is 14.4. The zero-order valence-corrected chi connectivity index (χ0v) is 10.3. The number of aliphatic hydroxyl groups is 5. The molecule has 0 radical (unpaired) electrons. The molecule has 0 amide bonds. The monoisotopic (exact) mass is 291 g/mol. The fraction of sp³-hybridized carbons (Fsp3) is 0.500. The average Bonchev–Trinajstić information content (AvgIpc) is 2.84. The van der Waals surface area contributed by atoms with Crippen LogP contribution in [0.4, 0.5) is 0 Å². The van der Waals surface area contributed by atoms with Crippen molar-refractivity contribution < 1.29 is 35.4 Å². The molecule has 0 aromatic carbocycles. The van der Waals surface area contributed by atoms with Crippen molar-refractivity contribution in [1.29, 1.82) is 0 Å². The lowest BCUT2D eigenvalue weighted by Gasteiger charge is -2.37. The number of aliphatic carboxylic acids is 1. The summed E-state index contributed by atoms with van der Waals surface area (Å²) < 4.78 is 0. The Morgan fingerprint density at radius 2 is 2.05 bits per heavy atom. The predicted molar refractivity (Wildman–Crippen MR) is 64.8 cm³/mol. The Balaban J connectivity index is 2.28. The molecule has 1 aliphatic heterocycles. The van der Waals surface area contributed by atoms with Crippen LogP contribution in [-0.4, -0.2) is 65.5 Å². The molecule has 0 spiro atoms. The fourth-order valence-electron chi connectivity index (χ4n) is 1.95. The zero-order valence-electron chi connectivity index (χ0n) is 9.52. The minimum atomic E-state index is -2.13. The van der Waals surface area contributed by atoms with Crippen molar-refractivity contribution in [2.75, 3.05) is 5.75 Å². The Morgan fingerprint density at radius 1 is 1.42 bits per heavy atom. The van der Waals surface area contributed by atoms with E-state index in [2.05, 4.69) is 5.32 Å². The molecular weight excluding hydrogens is 278 g/mol. The molecule has 9 heteroatoms. The molecule has 1 fully saturated rings. The second-order valence-electron chi connectivity index (χ2n) is 4.32. The second-order valence-corrected chi connectivity index (χ2v) is 5.46. The Hall–Kier alpha value is -1.42. The SMILES string of the molecule is O=C(O)C1CSC(C2(O)C=C(O)C(O)=C(O)C2O)N1. The third-order valence-corrected chi connectivity index (χ3v) is 4.42. The van der Waals surface area contributed by atoms with Gasteiger partial charge in [0, 0.05) is 5.75 Å². The molecule has 19 heavy (non-hydrogen) atoms. The lowest BCUT2D eigenvalue weighted by atomic mass is 9.88. The van der Waals surface area contributed by atoms with E-state index in [1.165, 1.54) is 0 Å². The van der Waals surface area contributed by atoms with Crippen LogP contribution in [0.3, 0.4) is 0 Å². The van der Waals surface area contributed by atoms with Gasteiger partial charge in [0.25, 0.3) is 0 Å². The molecule has 4 atom stereocenters. The summed E-state index contributed by atoms with van der Waals surface area (Å²) in [6.07, 6.45) is -1.09. The quantitative estimate of drug-likeness (QED) is 0.339. The first-order valence-corrected chi connectivity index (χ1v) is 6.37. The Labute approximate surface area is 111 Å². The number of thioether (sulfide) groups is 1. The van der Waals surface area contributed by atoms with E-state index in [9.17, 15) is 30.3 Å². The average molecular weight is 291 g/mol. The summed E-state index contributed by atoms with van der Waals surface area (Å²) in [6, 6.07) is -0.914. The minimum absolute atomic E-state index is 0.153. The van der Waals surface area contributed by atoms with Gasteiger partial charge in [0.2, 0.25) is 0 Å². The summed E-state index contributed by atoms with van der Waals surface area (Å²) in [6.45, 7) is 0. The van der Waals surface area contributed by atoms with E-state index in [0.717, 1.165) is 17.8 Å². The summed E-state index contributed by atoms with van der Waals surface area (Å²) in [5.41, 5.74) is -2.13. The van der Waals surface area contributed by atoms with E-state index >= 15 is 0 Å². The van der Waals surface area contributed by atoms with Gasteiger partial charge in [0.1, 0.15) is 17.7 Å². The molecule has 2 aliphatic rings. The van der Waals surface area contributed by atoms with Crippen LogP contribution in [0.1, 0.15) is 0 Å². The van der Waals surface area contributed by atoms with Crippen molar-refractivity contribution in [3.8, 4) is 0 Å². The minimum Gasteiger partial charge on any atom is -0.506 e. The number of carboxylic acids is 1. The van der Waals surface area contributed by atoms with Gasteiger partial charge in [0.15, 0.2) is 17.3 Å². The largest absolute Gasteiger partial charge is 0.506 e. The Bertz CT molecular complexity index is 476. The highest BCUT2D eigenvalue weighted by molar-refractivity contribution is 8.00. The normalized spacial score (nSPS) is 39.3. The molecule has 0 saturated carbocycles. The van der Waals surface area contributed by atoms with E-state index in [1.807, 2.05) is 0 Å². The van der Waals surface area contributed by atoms with Crippen LogP contribution >= 0.6 is 11.8 Å². The number of carboxylic acid groups (broad SMARTS) is 1. The van der Waals surface area contributed by atoms with Crippen LogP contribution in [0.2, 0.25) is 0 Å². The van der Waals surface area contributed by atoms with Gasteiger partial charge in [-0.15, -0.1) is 11.8 Å². The van der Waals surface area contributed by atoms with Crippen molar-refractivity contribution in [1.82, 2.24) is 5.32 Å². The summed E-state index contributed by atoms with van der Waals surface area (Å²) in [4.78, 5) is 10.8. The number of nitrogens with one attached hydrogen (secondary N) is 1. The van der Waals surface area contributed by atoms with Crippen LogP contribution in [-0.2, 0) is 4.79 Å². The van der Waals surface area contributed by atoms with E-state index in [0.29, 0.717) is 0 Å². The first kappa shape index (κ1) is 14.0. The van der Waals surface area contributed by atoms with E-state index in [4.69, 9.17) is 5.11 Å². The molecule has 1 heterocycles. The highest BCUT2D eigenvalue weighted by atomic mass is 32.2. The fourth-order valence-corrected chi connectivity index (χ4v) is 3.29. The lowest BCUT2D eigenvalue weighted by Crippen LogP contribution is -2.57. The van der Waals surface area contributed by atoms with Crippen LogP contribution in [0.25, 0.3) is 0 Å². The number of hydrogen-bond acceptors (Lipinski definition) is 8. The Kier molecular flexibility index (Phi) is 3.39. The standard InChI is InChI=1S/C10H13NO7S/c12-4-1-10(18,7(15)6(14)5(4)13)9-11-3(2-19-9)8(16)17/h1,3,7,9,11-15,18H,2H2,(H,16,17). The maximum atomic E-state index is 10.8. The molecule has 106 valence electrons. The van der Waals surface area contributed by atoms with Gasteiger partial charge < -0.3 is 30.6 Å². The van der Waals surface area contributed by atoms with Crippen LogP contribution < -0.4 is 5.32 Å². The van der Waals surface area contributed by atoms with Crippen molar-refractivity contribution in [2.24, 2.45) is 0 Å². The van der Waals surface area contributed by atoms with Crippen LogP contribution in [0.15, 0.2) is 23.4 Å². The summed E-state index contributed by atoms with van der Waals surface area (Å²) in [5.74, 6) is -3.63. The highest BCUT2D eigenvalue weighted by Gasteiger charge is 2.51. The maximum Gasteiger partial charge on any atom is 0.321 e. The van der Waals surface area contributed by atoms with E-state index in [1.54, 1.807) is 0 Å². The number of aliphatic hydroxyl groups excluding tert-OH is 4. The smallest absolute Gasteiger partial charge is 0.321 e. The number of carbonyl (C=O) groups is 1. The van der Waals surface area contributed by atoms with Crippen LogP contribution in [0.5, 0.6) is 0 Å². The lowest BCUT2D eigenvalue weighted by molar-refractivity contribution is -0.139. The molecule has 0 aromatic rings. The maximum absolute atomic E-state index is 10.8. The second kappa shape index (κ2) is 4.60. The summed E-state index contributed by atoms with van der Waals surface area (Å²) in [5, 5.41) is 58.7. The molecule has 0 aromatic heterocycles. The summed E-state index contributed by atoms with van der Waals surface area (Å²) in [7, 11) is 0. The van der Waals surface area contributed by atoms with Gasteiger partial charge in [0.05, 0.1) is 5.37 Å². The van der Waals surface area contributed by atoms with Crippen molar-refractivity contribution in [2.45, 2.75) is 23.1 Å². The third-order valence-electron chi connectivity index (χ3n) is 3.05. The molecule has 0 bridgehead atoms. The predicted octanol–water partition coefficient (Wildman–Crippen LogP) is -1.02. The molecule has 7 N–H and O–H groups in total. The van der Waals surface area contributed by atoms with Gasteiger partial charge in [-0.1, -0.05) is 0 Å². The summed E-state index contributed by atoms with van der Waals surface area (Å²) >= 11 is 1.02. The van der Waals surface area contributed by atoms with E-state index < -0.39 is 46.4 Å². The first-order valence-electron chi connectivity index (χ1n) is 5.32. The van der Waals surface area contributed by atoms with Gasteiger partial charge in [-0.2, -0.15) is 0 Å². The van der Waals surface area contributed by atoms with Gasteiger partial charge in [-0.3, -0.25) is 10.1 Å². The van der Waals surface area contributed by atoms with Crippen molar-refractivity contribution in [3.05, 3.63) is 23.4 Å². The van der Waals surface area contributed by atoms with E-state index in [-0.39, 0.29) is 5.75 Å². The van der Waals surface area contributed by atoms with Gasteiger partial charge in [-0.05, 0) is 6.08 Å². The highest BCUT2D eigenvalue weighted by Crippen LogP contribution is 2.37. The molecule has 8 nitrogen and oxygen atoms in total. The van der Waals surface area contributed by atoms with Crippen LogP contribution in [0, 0.1) is 0 Å². The number of hydrogen-bond donors (Lipinski definition) is 7. The van der Waals surface area contributed by atoms with Gasteiger partial charge >= 0.3 is 5.97 Å².